The highest BCUT2D eigenvalue weighted by atomic mass is 35.5. The molecule has 5 rings (SSSR count). The van der Waals surface area contributed by atoms with Gasteiger partial charge in [0.15, 0.2) is 16.6 Å². The molecule has 170 valence electrons. The van der Waals surface area contributed by atoms with Gasteiger partial charge in [-0.25, -0.2) is 4.98 Å². The van der Waals surface area contributed by atoms with Gasteiger partial charge in [0, 0.05) is 31.7 Å². The van der Waals surface area contributed by atoms with Crippen molar-refractivity contribution >= 4 is 56.6 Å². The molecule has 0 N–H and O–H groups in total. The SMILES string of the molecule is Cl.O=C(c1ccc2c(c1)OCCO2)N(CCN1CCOCC1)c1nc2c(Cl)cccc2s1. The van der Waals surface area contributed by atoms with Gasteiger partial charge in [0.25, 0.3) is 5.91 Å². The first-order valence-corrected chi connectivity index (χ1v) is 11.5. The van der Waals surface area contributed by atoms with Gasteiger partial charge in [-0.3, -0.25) is 14.6 Å². The van der Waals surface area contributed by atoms with E-state index in [-0.39, 0.29) is 18.3 Å². The number of ether oxygens (including phenoxy) is 3. The zero-order chi connectivity index (χ0) is 21.2. The maximum Gasteiger partial charge on any atom is 0.260 e. The number of anilines is 1. The van der Waals surface area contributed by atoms with Gasteiger partial charge in [0.05, 0.1) is 22.9 Å². The third kappa shape index (κ3) is 4.79. The highest BCUT2D eigenvalue weighted by molar-refractivity contribution is 7.22. The van der Waals surface area contributed by atoms with Crippen LogP contribution in [0.4, 0.5) is 5.13 Å². The summed E-state index contributed by atoms with van der Waals surface area (Å²) < 4.78 is 17.7. The van der Waals surface area contributed by atoms with Gasteiger partial charge in [-0.05, 0) is 30.3 Å². The van der Waals surface area contributed by atoms with Crippen LogP contribution < -0.4 is 14.4 Å². The molecule has 1 aromatic heterocycles. The monoisotopic (exact) mass is 495 g/mol. The highest BCUT2D eigenvalue weighted by Crippen LogP contribution is 2.35. The van der Waals surface area contributed by atoms with Crippen LogP contribution in [0, 0.1) is 0 Å². The quantitative estimate of drug-likeness (QED) is 0.530. The first-order chi connectivity index (χ1) is 15.2. The second-order valence-electron chi connectivity index (χ2n) is 7.35. The number of morpholine rings is 1. The largest absolute Gasteiger partial charge is 0.486 e. The Morgan fingerprint density at radius 2 is 1.88 bits per heavy atom. The smallest absolute Gasteiger partial charge is 0.260 e. The lowest BCUT2D eigenvalue weighted by Gasteiger charge is -2.29. The zero-order valence-corrected chi connectivity index (χ0v) is 19.7. The standard InChI is InChI=1S/C22H22ClN3O4S.ClH/c23-16-2-1-3-19-20(16)24-22(31-19)26(7-6-25-8-10-28-11-9-25)21(27)15-4-5-17-18(14-15)30-13-12-29-17;/h1-5,14H,6-13H2;1H. The van der Waals surface area contributed by atoms with Crippen LogP contribution >= 0.6 is 35.3 Å². The number of para-hydroxylation sites is 1. The molecule has 7 nitrogen and oxygen atoms in total. The van der Waals surface area contributed by atoms with Crippen LogP contribution in [0.3, 0.4) is 0 Å². The molecule has 10 heteroatoms. The van der Waals surface area contributed by atoms with E-state index in [9.17, 15) is 4.79 Å². The van der Waals surface area contributed by atoms with Crippen LogP contribution in [0.25, 0.3) is 10.2 Å². The van der Waals surface area contributed by atoms with Crippen molar-refractivity contribution in [2.24, 2.45) is 0 Å². The minimum Gasteiger partial charge on any atom is -0.486 e. The van der Waals surface area contributed by atoms with Crippen LogP contribution in [-0.2, 0) is 4.74 Å². The fourth-order valence-corrected chi connectivity index (χ4v) is 4.99. The van der Waals surface area contributed by atoms with Crippen molar-refractivity contribution in [3.8, 4) is 11.5 Å². The molecule has 0 atom stereocenters. The van der Waals surface area contributed by atoms with Crippen molar-refractivity contribution < 1.29 is 19.0 Å². The van der Waals surface area contributed by atoms with Gasteiger partial charge in [0.1, 0.15) is 18.7 Å². The Hall–Kier alpha value is -2.10. The van der Waals surface area contributed by atoms with E-state index in [1.54, 1.807) is 23.1 Å². The number of amides is 1. The predicted octanol–water partition coefficient (Wildman–Crippen LogP) is 4.12. The first-order valence-electron chi connectivity index (χ1n) is 10.3. The molecular formula is C22H23Cl2N3O4S. The summed E-state index contributed by atoms with van der Waals surface area (Å²) in [4.78, 5) is 22.3. The van der Waals surface area contributed by atoms with E-state index in [2.05, 4.69) is 4.90 Å². The van der Waals surface area contributed by atoms with Crippen molar-refractivity contribution in [3.63, 3.8) is 0 Å². The van der Waals surface area contributed by atoms with Gasteiger partial charge in [-0.15, -0.1) is 12.4 Å². The summed E-state index contributed by atoms with van der Waals surface area (Å²) in [6, 6.07) is 11.0. The lowest BCUT2D eigenvalue weighted by molar-refractivity contribution is 0.0391. The Bertz CT molecular complexity index is 1100. The molecule has 0 spiro atoms. The molecule has 3 heterocycles. The van der Waals surface area contributed by atoms with Gasteiger partial charge in [-0.2, -0.15) is 0 Å². The molecule has 0 bridgehead atoms. The van der Waals surface area contributed by atoms with E-state index in [1.165, 1.54) is 11.3 Å². The summed E-state index contributed by atoms with van der Waals surface area (Å²) in [5, 5.41) is 1.22. The summed E-state index contributed by atoms with van der Waals surface area (Å²) in [5.41, 5.74) is 1.26. The molecule has 3 aromatic rings. The normalized spacial score (nSPS) is 15.9. The maximum absolute atomic E-state index is 13.6. The summed E-state index contributed by atoms with van der Waals surface area (Å²) in [7, 11) is 0. The second kappa shape index (κ2) is 10.2. The zero-order valence-electron chi connectivity index (χ0n) is 17.3. The van der Waals surface area contributed by atoms with E-state index in [0.717, 1.165) is 29.9 Å². The Labute approximate surface area is 201 Å². The lowest BCUT2D eigenvalue weighted by Crippen LogP contribution is -2.43. The number of rotatable bonds is 5. The molecule has 0 aliphatic carbocycles. The number of nitrogens with zero attached hydrogens (tertiary/aromatic N) is 3. The number of benzene rings is 2. The van der Waals surface area contributed by atoms with Crippen molar-refractivity contribution in [3.05, 3.63) is 47.0 Å². The Kier molecular flexibility index (Phi) is 7.37. The van der Waals surface area contributed by atoms with Crippen molar-refractivity contribution in [1.29, 1.82) is 0 Å². The number of carbonyl (C=O) groups is 1. The third-order valence-corrected chi connectivity index (χ3v) is 6.72. The van der Waals surface area contributed by atoms with Crippen LogP contribution in [0.15, 0.2) is 36.4 Å². The van der Waals surface area contributed by atoms with Gasteiger partial charge < -0.3 is 14.2 Å². The molecule has 0 radical (unpaired) electrons. The summed E-state index contributed by atoms with van der Waals surface area (Å²) in [6.07, 6.45) is 0. The molecule has 1 saturated heterocycles. The van der Waals surface area contributed by atoms with Crippen molar-refractivity contribution in [2.75, 3.05) is 57.5 Å². The number of thiazole rings is 1. The molecule has 2 aromatic carbocycles. The second-order valence-corrected chi connectivity index (χ2v) is 8.77. The molecule has 32 heavy (non-hydrogen) atoms. The average Bonchev–Trinajstić information content (AvgIpc) is 3.25. The van der Waals surface area contributed by atoms with Crippen molar-refractivity contribution in [2.45, 2.75) is 0 Å². The van der Waals surface area contributed by atoms with Gasteiger partial charge in [-0.1, -0.05) is 29.0 Å². The third-order valence-electron chi connectivity index (χ3n) is 5.37. The average molecular weight is 496 g/mol. The van der Waals surface area contributed by atoms with Crippen molar-refractivity contribution in [1.82, 2.24) is 9.88 Å². The van der Waals surface area contributed by atoms with E-state index in [1.807, 2.05) is 18.2 Å². The number of carbonyl (C=O) groups excluding carboxylic acids is 1. The highest BCUT2D eigenvalue weighted by Gasteiger charge is 2.25. The first kappa shape index (κ1) is 23.1. The summed E-state index contributed by atoms with van der Waals surface area (Å²) >= 11 is 7.81. The summed E-state index contributed by atoms with van der Waals surface area (Å²) in [6.45, 7) is 5.39. The van der Waals surface area contributed by atoms with E-state index in [0.29, 0.717) is 60.2 Å². The number of hydrogen-bond donors (Lipinski definition) is 0. The predicted molar refractivity (Wildman–Crippen MR) is 128 cm³/mol. The lowest BCUT2D eigenvalue weighted by atomic mass is 10.1. The molecular weight excluding hydrogens is 473 g/mol. The Morgan fingerprint density at radius 3 is 2.66 bits per heavy atom. The Balaban J connectivity index is 0.00000245. The molecule has 1 amide bonds. The minimum atomic E-state index is -0.125. The fraction of sp³-hybridized carbons (Fsp3) is 0.364. The van der Waals surface area contributed by atoms with Gasteiger partial charge >= 0.3 is 0 Å². The molecule has 1 fully saturated rings. The number of fused-ring (bicyclic) bond motifs is 2. The van der Waals surface area contributed by atoms with Gasteiger partial charge in [0.2, 0.25) is 0 Å². The number of aromatic nitrogens is 1. The summed E-state index contributed by atoms with van der Waals surface area (Å²) in [5.74, 6) is 1.13. The minimum absolute atomic E-state index is 0. The molecule has 0 unspecified atom stereocenters. The molecule has 2 aliphatic heterocycles. The number of halogens is 2. The fourth-order valence-electron chi connectivity index (χ4n) is 3.70. The van der Waals surface area contributed by atoms with E-state index < -0.39 is 0 Å². The van der Waals surface area contributed by atoms with Crippen LogP contribution in [0.5, 0.6) is 11.5 Å². The van der Waals surface area contributed by atoms with Crippen LogP contribution in [0.1, 0.15) is 10.4 Å². The van der Waals surface area contributed by atoms with Crippen LogP contribution in [-0.4, -0.2) is 68.4 Å². The van der Waals surface area contributed by atoms with E-state index in [4.69, 9.17) is 30.8 Å². The molecule has 0 saturated carbocycles. The van der Waals surface area contributed by atoms with E-state index >= 15 is 0 Å². The molecule has 2 aliphatic rings. The Morgan fingerprint density at radius 1 is 1.09 bits per heavy atom. The van der Waals surface area contributed by atoms with Crippen LogP contribution in [0.2, 0.25) is 5.02 Å². The maximum atomic E-state index is 13.6. The topological polar surface area (TPSA) is 64.1 Å². The number of hydrogen-bond acceptors (Lipinski definition) is 7.